The first-order valence-electron chi connectivity index (χ1n) is 6.14. The number of benzene rings is 1. The van der Waals surface area contributed by atoms with Gasteiger partial charge >= 0.3 is 0 Å². The fourth-order valence-corrected chi connectivity index (χ4v) is 1.85. The van der Waals surface area contributed by atoms with E-state index in [1.165, 1.54) is 6.07 Å². The Hall–Kier alpha value is -2.41. The lowest BCUT2D eigenvalue weighted by Crippen LogP contribution is -2.04. The van der Waals surface area contributed by atoms with Crippen molar-refractivity contribution in [2.75, 3.05) is 19.0 Å². The molecular formula is C13H16N4O3. The highest BCUT2D eigenvalue weighted by Gasteiger charge is 2.15. The summed E-state index contributed by atoms with van der Waals surface area (Å²) < 4.78 is 6.69. The average Bonchev–Trinajstić information content (AvgIpc) is 2.86. The van der Waals surface area contributed by atoms with Crippen molar-refractivity contribution < 1.29 is 9.66 Å². The molecule has 7 heteroatoms. The Balaban J connectivity index is 2.21. The van der Waals surface area contributed by atoms with Gasteiger partial charge < -0.3 is 10.1 Å². The molecule has 0 aliphatic carbocycles. The Morgan fingerprint density at radius 2 is 2.30 bits per heavy atom. The molecule has 0 atom stereocenters. The number of nitro benzene ring substituents is 1. The molecule has 1 aromatic carbocycles. The molecule has 1 heterocycles. The molecule has 0 amide bonds. The van der Waals surface area contributed by atoms with E-state index in [1.807, 2.05) is 13.0 Å². The summed E-state index contributed by atoms with van der Waals surface area (Å²) in [5.41, 5.74) is 2.06. The fourth-order valence-electron chi connectivity index (χ4n) is 1.85. The standard InChI is InChI=1S/C13H16N4O3/c1-10-4-3-5-12(17(18)19)13(10)15-11-8-14-16(9-11)6-7-20-2/h3-5,8-9,15H,6-7H2,1-2H3. The molecule has 0 spiro atoms. The number of methoxy groups -OCH3 is 1. The Labute approximate surface area is 116 Å². The van der Waals surface area contributed by atoms with Gasteiger partial charge in [-0.2, -0.15) is 5.10 Å². The minimum absolute atomic E-state index is 0.0506. The summed E-state index contributed by atoms with van der Waals surface area (Å²) in [5, 5.41) is 18.3. The zero-order chi connectivity index (χ0) is 14.5. The molecule has 2 aromatic rings. The van der Waals surface area contributed by atoms with Crippen molar-refractivity contribution in [3.05, 3.63) is 46.3 Å². The van der Waals surface area contributed by atoms with Gasteiger partial charge in [-0.05, 0) is 12.5 Å². The second kappa shape index (κ2) is 6.16. The van der Waals surface area contributed by atoms with E-state index >= 15 is 0 Å². The smallest absolute Gasteiger partial charge is 0.292 e. The summed E-state index contributed by atoms with van der Waals surface area (Å²) >= 11 is 0. The van der Waals surface area contributed by atoms with Crippen molar-refractivity contribution >= 4 is 17.1 Å². The second-order valence-corrected chi connectivity index (χ2v) is 4.34. The predicted molar refractivity (Wildman–Crippen MR) is 75.2 cm³/mol. The van der Waals surface area contributed by atoms with Crippen molar-refractivity contribution in [3.8, 4) is 0 Å². The number of aromatic nitrogens is 2. The van der Waals surface area contributed by atoms with Gasteiger partial charge in [0.25, 0.3) is 5.69 Å². The summed E-state index contributed by atoms with van der Waals surface area (Å²) in [6.07, 6.45) is 3.42. The molecule has 0 aliphatic rings. The minimum atomic E-state index is -0.398. The van der Waals surface area contributed by atoms with Gasteiger partial charge in [0.05, 0.1) is 30.0 Å². The number of nitro groups is 1. The molecule has 106 valence electrons. The Bertz CT molecular complexity index is 609. The van der Waals surface area contributed by atoms with E-state index in [0.29, 0.717) is 24.5 Å². The van der Waals surface area contributed by atoms with Crippen LogP contribution in [-0.4, -0.2) is 28.4 Å². The number of ether oxygens (including phenoxy) is 1. The van der Waals surface area contributed by atoms with Crippen LogP contribution >= 0.6 is 0 Å². The molecule has 0 aliphatic heterocycles. The number of hydrogen-bond acceptors (Lipinski definition) is 5. The largest absolute Gasteiger partial charge is 0.383 e. The van der Waals surface area contributed by atoms with Crippen molar-refractivity contribution in [3.63, 3.8) is 0 Å². The van der Waals surface area contributed by atoms with Crippen LogP contribution in [0.3, 0.4) is 0 Å². The first-order chi connectivity index (χ1) is 9.61. The molecule has 2 rings (SSSR count). The average molecular weight is 276 g/mol. The lowest BCUT2D eigenvalue weighted by atomic mass is 10.1. The molecule has 0 fully saturated rings. The van der Waals surface area contributed by atoms with Crippen molar-refractivity contribution in [1.82, 2.24) is 9.78 Å². The first-order valence-corrected chi connectivity index (χ1v) is 6.14. The molecule has 0 unspecified atom stereocenters. The Kier molecular flexibility index (Phi) is 4.31. The molecule has 20 heavy (non-hydrogen) atoms. The van der Waals surface area contributed by atoms with Crippen LogP contribution in [0.5, 0.6) is 0 Å². The highest BCUT2D eigenvalue weighted by atomic mass is 16.6. The number of para-hydroxylation sites is 1. The van der Waals surface area contributed by atoms with Gasteiger partial charge in [0, 0.05) is 19.4 Å². The van der Waals surface area contributed by atoms with E-state index in [1.54, 1.807) is 30.3 Å². The van der Waals surface area contributed by atoms with E-state index in [9.17, 15) is 10.1 Å². The van der Waals surface area contributed by atoms with Gasteiger partial charge in [0.1, 0.15) is 5.69 Å². The Morgan fingerprint density at radius 3 is 3.00 bits per heavy atom. The second-order valence-electron chi connectivity index (χ2n) is 4.34. The highest BCUT2D eigenvalue weighted by molar-refractivity contribution is 5.72. The Morgan fingerprint density at radius 1 is 1.50 bits per heavy atom. The lowest BCUT2D eigenvalue weighted by Gasteiger charge is -2.07. The number of rotatable bonds is 6. The number of aryl methyl sites for hydroxylation is 1. The van der Waals surface area contributed by atoms with Gasteiger partial charge in [-0.3, -0.25) is 14.8 Å². The SMILES string of the molecule is COCCn1cc(Nc2c(C)cccc2[N+](=O)[O-])cn1. The van der Waals surface area contributed by atoms with Gasteiger partial charge in [-0.1, -0.05) is 12.1 Å². The number of anilines is 2. The molecule has 1 N–H and O–H groups in total. The predicted octanol–water partition coefficient (Wildman–Crippen LogP) is 2.49. The molecule has 0 bridgehead atoms. The third-order valence-corrected chi connectivity index (χ3v) is 2.87. The summed E-state index contributed by atoms with van der Waals surface area (Å²) in [5.74, 6) is 0. The molecule has 7 nitrogen and oxygen atoms in total. The van der Waals surface area contributed by atoms with Crippen molar-refractivity contribution in [2.45, 2.75) is 13.5 Å². The van der Waals surface area contributed by atoms with Crippen LogP contribution in [0.25, 0.3) is 0 Å². The maximum Gasteiger partial charge on any atom is 0.292 e. The molecule has 1 aromatic heterocycles. The quantitative estimate of drug-likeness (QED) is 0.647. The maximum atomic E-state index is 11.0. The highest BCUT2D eigenvalue weighted by Crippen LogP contribution is 2.30. The van der Waals surface area contributed by atoms with Crippen molar-refractivity contribution in [1.29, 1.82) is 0 Å². The van der Waals surface area contributed by atoms with Crippen LogP contribution < -0.4 is 5.32 Å². The zero-order valence-corrected chi connectivity index (χ0v) is 11.4. The van der Waals surface area contributed by atoms with Gasteiger partial charge in [0.15, 0.2) is 0 Å². The van der Waals surface area contributed by atoms with E-state index in [4.69, 9.17) is 4.74 Å². The van der Waals surface area contributed by atoms with Crippen molar-refractivity contribution in [2.24, 2.45) is 0 Å². The van der Waals surface area contributed by atoms with Crippen LogP contribution in [-0.2, 0) is 11.3 Å². The zero-order valence-electron chi connectivity index (χ0n) is 11.4. The molecule has 0 radical (unpaired) electrons. The van der Waals surface area contributed by atoms with E-state index < -0.39 is 4.92 Å². The van der Waals surface area contributed by atoms with Gasteiger partial charge in [-0.25, -0.2) is 0 Å². The van der Waals surface area contributed by atoms with Crippen LogP contribution in [0.4, 0.5) is 17.1 Å². The summed E-state index contributed by atoms with van der Waals surface area (Å²) in [6, 6.07) is 4.97. The van der Waals surface area contributed by atoms with E-state index in [-0.39, 0.29) is 5.69 Å². The lowest BCUT2D eigenvalue weighted by molar-refractivity contribution is -0.383. The van der Waals surface area contributed by atoms with Crippen LogP contribution in [0, 0.1) is 17.0 Å². The maximum absolute atomic E-state index is 11.0. The van der Waals surface area contributed by atoms with Crippen LogP contribution in [0.1, 0.15) is 5.56 Å². The van der Waals surface area contributed by atoms with E-state index in [0.717, 1.165) is 5.56 Å². The normalized spacial score (nSPS) is 10.5. The summed E-state index contributed by atoms with van der Waals surface area (Å²) in [4.78, 5) is 10.6. The van der Waals surface area contributed by atoms with Gasteiger partial charge in [-0.15, -0.1) is 0 Å². The third kappa shape index (κ3) is 3.12. The molecule has 0 saturated heterocycles. The number of nitrogens with zero attached hydrogens (tertiary/aromatic N) is 3. The summed E-state index contributed by atoms with van der Waals surface area (Å²) in [6.45, 7) is 3.02. The molecular weight excluding hydrogens is 260 g/mol. The molecule has 0 saturated carbocycles. The van der Waals surface area contributed by atoms with Gasteiger partial charge in [0.2, 0.25) is 0 Å². The number of nitrogens with one attached hydrogen (secondary N) is 1. The monoisotopic (exact) mass is 276 g/mol. The van der Waals surface area contributed by atoms with E-state index in [2.05, 4.69) is 10.4 Å². The first kappa shape index (κ1) is 14.0. The number of hydrogen-bond donors (Lipinski definition) is 1. The fraction of sp³-hybridized carbons (Fsp3) is 0.308. The topological polar surface area (TPSA) is 82.2 Å². The summed E-state index contributed by atoms with van der Waals surface area (Å²) in [7, 11) is 1.62. The minimum Gasteiger partial charge on any atom is -0.383 e. The van der Waals surface area contributed by atoms with Crippen LogP contribution in [0.15, 0.2) is 30.6 Å². The van der Waals surface area contributed by atoms with Crippen LogP contribution in [0.2, 0.25) is 0 Å². The third-order valence-electron chi connectivity index (χ3n) is 2.87.